The van der Waals surface area contributed by atoms with Crippen molar-refractivity contribution in [1.29, 1.82) is 0 Å². The molecular formula is C18H22Br2N4O. The second kappa shape index (κ2) is 7.83. The summed E-state index contributed by atoms with van der Waals surface area (Å²) in [5, 5.41) is 3.83. The van der Waals surface area contributed by atoms with Crippen LogP contribution in [0.1, 0.15) is 31.1 Å². The third-order valence-corrected chi connectivity index (χ3v) is 4.63. The number of pyridine rings is 1. The first kappa shape index (κ1) is 19.8. The molecule has 0 saturated carbocycles. The van der Waals surface area contributed by atoms with Crippen molar-refractivity contribution in [2.45, 2.75) is 20.8 Å². The summed E-state index contributed by atoms with van der Waals surface area (Å²) in [6.45, 7) is 6.79. The van der Waals surface area contributed by atoms with Crippen molar-refractivity contribution in [3.63, 3.8) is 0 Å². The van der Waals surface area contributed by atoms with Crippen LogP contribution in [0, 0.1) is 5.41 Å². The fourth-order valence-electron chi connectivity index (χ4n) is 2.06. The number of halogens is 2. The van der Waals surface area contributed by atoms with Crippen molar-refractivity contribution in [2.24, 2.45) is 10.4 Å². The van der Waals surface area contributed by atoms with Crippen LogP contribution >= 0.6 is 31.9 Å². The summed E-state index contributed by atoms with van der Waals surface area (Å²) in [5.41, 5.74) is 1.21. The average Bonchev–Trinajstić information content (AvgIpc) is 2.52. The molecule has 0 fully saturated rings. The van der Waals surface area contributed by atoms with Crippen molar-refractivity contribution < 1.29 is 4.79 Å². The van der Waals surface area contributed by atoms with Gasteiger partial charge in [-0.1, -0.05) is 36.7 Å². The van der Waals surface area contributed by atoms with E-state index in [1.54, 1.807) is 11.2 Å². The van der Waals surface area contributed by atoms with Crippen LogP contribution in [0.3, 0.4) is 0 Å². The van der Waals surface area contributed by atoms with Gasteiger partial charge in [-0.2, -0.15) is 0 Å². The highest BCUT2D eigenvalue weighted by atomic mass is 79.9. The number of carbonyl (C=O) groups is 1. The Morgan fingerprint density at radius 3 is 2.52 bits per heavy atom. The summed E-state index contributed by atoms with van der Waals surface area (Å²) in [4.78, 5) is 23.5. The summed E-state index contributed by atoms with van der Waals surface area (Å²) < 4.78 is 1.74. The van der Waals surface area contributed by atoms with Gasteiger partial charge in [0.2, 0.25) is 0 Å². The molecule has 2 aromatic rings. The first-order valence-corrected chi connectivity index (χ1v) is 9.44. The van der Waals surface area contributed by atoms with Crippen LogP contribution < -0.4 is 5.32 Å². The Labute approximate surface area is 165 Å². The zero-order valence-corrected chi connectivity index (χ0v) is 18.2. The molecule has 5 nitrogen and oxygen atoms in total. The number of hydrogen-bond donors (Lipinski definition) is 1. The van der Waals surface area contributed by atoms with Gasteiger partial charge in [0.05, 0.1) is 17.4 Å². The lowest BCUT2D eigenvalue weighted by atomic mass is 9.97. The Morgan fingerprint density at radius 2 is 1.92 bits per heavy atom. The Balaban J connectivity index is 2.56. The number of aliphatic imine (C=N–C) groups is 1. The van der Waals surface area contributed by atoms with Gasteiger partial charge in [0.1, 0.15) is 0 Å². The molecule has 1 heterocycles. The SMILES string of the molecule is CN(C)C=Nc1nc2c(Br)ccc(Br)c2cc1C(=O)NCC(C)(C)C. The average molecular weight is 470 g/mol. The Bertz CT molecular complexity index is 826. The van der Waals surface area contributed by atoms with Gasteiger partial charge in [-0.3, -0.25) is 4.79 Å². The van der Waals surface area contributed by atoms with E-state index in [2.05, 4.69) is 67.9 Å². The lowest BCUT2D eigenvalue weighted by Gasteiger charge is -2.19. The smallest absolute Gasteiger partial charge is 0.255 e. The van der Waals surface area contributed by atoms with E-state index in [1.807, 2.05) is 32.3 Å². The van der Waals surface area contributed by atoms with E-state index >= 15 is 0 Å². The molecule has 134 valence electrons. The van der Waals surface area contributed by atoms with Crippen LogP contribution in [0.25, 0.3) is 10.9 Å². The largest absolute Gasteiger partial charge is 0.369 e. The third kappa shape index (κ3) is 5.25. The topological polar surface area (TPSA) is 57.6 Å². The molecule has 0 spiro atoms. The van der Waals surface area contributed by atoms with Gasteiger partial charge in [-0.05, 0) is 39.5 Å². The number of nitrogens with zero attached hydrogens (tertiary/aromatic N) is 3. The van der Waals surface area contributed by atoms with Crippen molar-refractivity contribution in [3.05, 3.63) is 32.7 Å². The van der Waals surface area contributed by atoms with Gasteiger partial charge < -0.3 is 10.2 Å². The number of hydrogen-bond acceptors (Lipinski definition) is 3. The summed E-state index contributed by atoms with van der Waals surface area (Å²) in [5.74, 6) is 0.216. The van der Waals surface area contributed by atoms with Gasteiger partial charge in [0.25, 0.3) is 5.91 Å². The van der Waals surface area contributed by atoms with Crippen LogP contribution in [0.2, 0.25) is 0 Å². The van der Waals surface area contributed by atoms with Crippen LogP contribution in [-0.4, -0.2) is 42.8 Å². The lowest BCUT2D eigenvalue weighted by Crippen LogP contribution is -2.32. The number of carbonyl (C=O) groups excluding carboxylic acids is 1. The van der Waals surface area contributed by atoms with Gasteiger partial charge in [-0.25, -0.2) is 9.98 Å². The molecule has 0 bridgehead atoms. The standard InChI is InChI=1S/C18H22Br2N4O/c1-18(2,3)9-21-17(25)12-8-11-13(19)6-7-14(20)15(11)23-16(12)22-10-24(4)5/h6-8,10H,9H2,1-5H3,(H,21,25). The van der Waals surface area contributed by atoms with Gasteiger partial charge in [0, 0.05) is 35.0 Å². The number of aromatic nitrogens is 1. The number of rotatable bonds is 4. The minimum Gasteiger partial charge on any atom is -0.369 e. The fraction of sp³-hybridized carbons (Fsp3) is 0.389. The zero-order chi connectivity index (χ0) is 18.8. The fourth-order valence-corrected chi connectivity index (χ4v) is 2.93. The lowest BCUT2D eigenvalue weighted by molar-refractivity contribution is 0.0940. The minimum atomic E-state index is -0.179. The van der Waals surface area contributed by atoms with Gasteiger partial charge in [0.15, 0.2) is 5.82 Å². The maximum Gasteiger partial charge on any atom is 0.255 e. The number of amides is 1. The van der Waals surface area contributed by atoms with Crippen LogP contribution in [-0.2, 0) is 0 Å². The summed E-state index contributed by atoms with van der Waals surface area (Å²) in [6.07, 6.45) is 1.64. The number of benzene rings is 1. The Hall–Kier alpha value is -1.47. The second-order valence-electron chi connectivity index (χ2n) is 7.24. The number of nitrogens with one attached hydrogen (secondary N) is 1. The molecule has 0 unspecified atom stereocenters. The molecule has 1 amide bonds. The summed E-state index contributed by atoms with van der Waals surface area (Å²) >= 11 is 7.05. The highest BCUT2D eigenvalue weighted by molar-refractivity contribution is 9.11. The summed E-state index contributed by atoms with van der Waals surface area (Å²) in [6, 6.07) is 5.67. The maximum absolute atomic E-state index is 12.7. The first-order chi connectivity index (χ1) is 11.6. The molecule has 7 heteroatoms. The van der Waals surface area contributed by atoms with Gasteiger partial charge >= 0.3 is 0 Å². The highest BCUT2D eigenvalue weighted by Crippen LogP contribution is 2.32. The van der Waals surface area contributed by atoms with Crippen molar-refractivity contribution in [1.82, 2.24) is 15.2 Å². The molecule has 2 rings (SSSR count). The van der Waals surface area contributed by atoms with E-state index in [1.165, 1.54) is 0 Å². The van der Waals surface area contributed by atoms with Crippen LogP contribution in [0.15, 0.2) is 32.1 Å². The van der Waals surface area contributed by atoms with E-state index in [4.69, 9.17) is 0 Å². The molecular weight excluding hydrogens is 448 g/mol. The molecule has 25 heavy (non-hydrogen) atoms. The minimum absolute atomic E-state index is 0.00336. The van der Waals surface area contributed by atoms with E-state index in [9.17, 15) is 4.79 Å². The van der Waals surface area contributed by atoms with Crippen molar-refractivity contribution in [2.75, 3.05) is 20.6 Å². The second-order valence-corrected chi connectivity index (χ2v) is 8.95. The van der Waals surface area contributed by atoms with E-state index in [0.717, 1.165) is 19.8 Å². The van der Waals surface area contributed by atoms with Crippen LogP contribution in [0.5, 0.6) is 0 Å². The third-order valence-electron chi connectivity index (χ3n) is 3.30. The summed E-state index contributed by atoms with van der Waals surface area (Å²) in [7, 11) is 3.74. The molecule has 0 atom stereocenters. The molecule has 0 aliphatic heterocycles. The highest BCUT2D eigenvalue weighted by Gasteiger charge is 2.18. The monoisotopic (exact) mass is 468 g/mol. The maximum atomic E-state index is 12.7. The predicted molar refractivity (Wildman–Crippen MR) is 111 cm³/mol. The molecule has 0 aliphatic carbocycles. The molecule has 1 N–H and O–H groups in total. The molecule has 0 aliphatic rings. The number of fused-ring (bicyclic) bond motifs is 1. The normalized spacial score (nSPS) is 12.0. The predicted octanol–water partition coefficient (Wildman–Crippen LogP) is 4.76. The molecule has 0 saturated heterocycles. The Morgan fingerprint density at radius 1 is 1.28 bits per heavy atom. The van der Waals surface area contributed by atoms with E-state index in [-0.39, 0.29) is 11.3 Å². The van der Waals surface area contributed by atoms with Crippen LogP contribution in [0.4, 0.5) is 5.82 Å². The Kier molecular flexibility index (Phi) is 6.21. The van der Waals surface area contributed by atoms with E-state index < -0.39 is 0 Å². The molecule has 1 aromatic carbocycles. The van der Waals surface area contributed by atoms with Crippen molar-refractivity contribution >= 4 is 60.8 Å². The van der Waals surface area contributed by atoms with Gasteiger partial charge in [-0.15, -0.1) is 0 Å². The first-order valence-electron chi connectivity index (χ1n) is 7.86. The van der Waals surface area contributed by atoms with E-state index in [0.29, 0.717) is 17.9 Å². The quantitative estimate of drug-likeness (QED) is 0.518. The molecule has 1 aromatic heterocycles. The zero-order valence-electron chi connectivity index (χ0n) is 15.0. The van der Waals surface area contributed by atoms with Crippen molar-refractivity contribution in [3.8, 4) is 0 Å². The molecule has 0 radical (unpaired) electrons.